The topological polar surface area (TPSA) is 346 Å². The smallest absolute Gasteiger partial charge is 0.480 e. The number of carbonyl (C=O) groups is 10. The normalized spacial score (nSPS) is 15.2. The number of nitrogens with two attached hydrogens (primary N) is 1. The van der Waals surface area contributed by atoms with Gasteiger partial charge in [-0.1, -0.05) is 6.92 Å². The molecule has 3 aromatic rings. The second-order valence-electron chi connectivity index (χ2n) is 16.5. The van der Waals surface area contributed by atoms with Crippen molar-refractivity contribution in [3.05, 3.63) is 73.8 Å². The van der Waals surface area contributed by atoms with Crippen molar-refractivity contribution in [2.45, 2.75) is 81.1 Å². The molecule has 4 aliphatic rings. The van der Waals surface area contributed by atoms with Crippen molar-refractivity contribution >= 4 is 96.7 Å². The molecule has 3 unspecified atom stereocenters. The van der Waals surface area contributed by atoms with E-state index in [4.69, 9.17) is 24.4 Å². The number of fused-ring (bicyclic) bond motifs is 5. The molecule has 5 heterocycles. The summed E-state index contributed by atoms with van der Waals surface area (Å²) in [5.41, 5.74) is 11.5. The maximum atomic E-state index is 14.6. The number of aliphatic carboxylic acids is 1. The summed E-state index contributed by atoms with van der Waals surface area (Å²) in [5, 5.41) is 24.6. The third kappa shape index (κ3) is 15.1. The Morgan fingerprint density at radius 1 is 0.986 bits per heavy atom. The van der Waals surface area contributed by atoms with Gasteiger partial charge in [0.1, 0.15) is 24.8 Å². The third-order valence-electron chi connectivity index (χ3n) is 11.8. The second kappa shape index (κ2) is 28.4. The number of carboxylic acids is 1. The van der Waals surface area contributed by atoms with Gasteiger partial charge in [0.2, 0.25) is 6.41 Å². The van der Waals surface area contributed by atoms with E-state index in [1.54, 1.807) is 11.6 Å². The molecule has 1 aromatic carbocycles. The number of hydrogen-bond donors (Lipinski definition) is 8. The molecule has 0 fully saturated rings. The number of esters is 1. The summed E-state index contributed by atoms with van der Waals surface area (Å²) in [6.45, 7) is 3.84. The third-order valence-corrected chi connectivity index (χ3v) is 13.4. The number of halogens is 1. The fourth-order valence-electron chi connectivity index (χ4n) is 8.22. The second-order valence-corrected chi connectivity index (χ2v) is 18.0. The van der Waals surface area contributed by atoms with Gasteiger partial charge in [-0.15, -0.1) is 0 Å². The number of cyclic esters (lactones) is 1. The summed E-state index contributed by atoms with van der Waals surface area (Å²) >= 11 is 0.735. The monoisotopic (exact) mass is 1210 g/mol. The summed E-state index contributed by atoms with van der Waals surface area (Å²) in [6.07, 6.45) is 6.39. The number of aromatic nitrogens is 2. The predicted molar refractivity (Wildman–Crippen MR) is 259 cm³/mol. The van der Waals surface area contributed by atoms with Crippen LogP contribution in [0.3, 0.4) is 0 Å². The van der Waals surface area contributed by atoms with Gasteiger partial charge in [-0.05, 0) is 60.9 Å². The molecular formula is C47H58FN10O14Pb. The number of aryl methyl sites for hydroxylation is 2. The van der Waals surface area contributed by atoms with Gasteiger partial charge >= 0.3 is 162 Å². The summed E-state index contributed by atoms with van der Waals surface area (Å²) in [7, 11) is 3.21. The number of primary amides is 1. The van der Waals surface area contributed by atoms with Gasteiger partial charge in [-0.3, -0.25) is 33.7 Å². The van der Waals surface area contributed by atoms with Crippen LogP contribution in [-0.4, -0.2) is 171 Å². The fraction of sp³-hybridized carbons (Fsp3) is 0.447. The number of rotatable bonds is 19. The number of aldehydes is 1. The van der Waals surface area contributed by atoms with Crippen LogP contribution in [0.4, 0.5) is 4.39 Å². The van der Waals surface area contributed by atoms with Crippen molar-refractivity contribution in [3.8, 4) is 11.4 Å². The molecule has 1 aliphatic carbocycles. The molecule has 26 heteroatoms. The molecule has 3 atom stereocenters. The molecule has 0 spiro atoms. The van der Waals surface area contributed by atoms with Crippen molar-refractivity contribution < 1.29 is 66.9 Å². The van der Waals surface area contributed by atoms with Crippen molar-refractivity contribution in [1.82, 2.24) is 46.4 Å². The van der Waals surface area contributed by atoms with E-state index in [2.05, 4.69) is 37.6 Å². The van der Waals surface area contributed by atoms with Crippen LogP contribution in [0.15, 0.2) is 29.1 Å². The summed E-state index contributed by atoms with van der Waals surface area (Å²) < 4.78 is 27.1. The van der Waals surface area contributed by atoms with Gasteiger partial charge in [0.15, 0.2) is 0 Å². The first-order valence-corrected chi connectivity index (χ1v) is 25.7. The van der Waals surface area contributed by atoms with Gasteiger partial charge in [0.25, 0.3) is 17.4 Å². The summed E-state index contributed by atoms with van der Waals surface area (Å²) in [4.78, 5) is 129. The van der Waals surface area contributed by atoms with Crippen molar-refractivity contribution in [3.63, 3.8) is 0 Å². The van der Waals surface area contributed by atoms with E-state index < -0.39 is 47.6 Å². The Kier molecular flexibility index (Phi) is 22.9. The van der Waals surface area contributed by atoms with Crippen LogP contribution < -0.4 is 43.2 Å². The first kappa shape index (κ1) is 58.7. The molecular weight excluding hydrogens is 1150 g/mol. The number of amides is 7. The average molecular weight is 1210 g/mol. The number of imide groups is 1. The molecule has 3 radical (unpaired) electrons. The Balaban J connectivity index is 0.000000242. The van der Waals surface area contributed by atoms with Crippen molar-refractivity contribution in [1.29, 1.82) is 0 Å². The molecule has 24 nitrogen and oxygen atoms in total. The number of benzene rings is 1. The van der Waals surface area contributed by atoms with Crippen LogP contribution in [0, 0.1) is 12.7 Å². The Bertz CT molecular complexity index is 2700. The van der Waals surface area contributed by atoms with E-state index in [0.717, 1.165) is 95.5 Å². The predicted octanol–water partition coefficient (Wildman–Crippen LogP) is -2.21. The van der Waals surface area contributed by atoms with Crippen LogP contribution in [0.2, 0.25) is 3.98 Å². The Hall–Kier alpha value is -6.85. The number of likely N-dealkylation sites (N-methyl/N-ethyl adjacent to an activating group) is 1. The SMILES string of the molecule is CCC1C(=O)OCc2c1cc1n(c2=O)Cc2c-1nc1cc(F)c(C)c3c1c2CCC3.CNCCC(=O)NC([CH2][Pb])C(=O)NCC(=O)NCOCC(=O)NC.NC=O.O=CC(CNCC(=O)O)N1C(=O)C=CC1=O. The van der Waals surface area contributed by atoms with Crippen LogP contribution in [0.1, 0.15) is 65.5 Å². The standard InChI is InChI=1S/C24H21FN2O3.C13H24N5O5.C9H10N2O5.CH3NO.Pb/c1-3-12-15-7-20-22-16(9-27(20)23(28)17(15)10-30-24(12)29)14-6-4-5-13-11(2)18(25)8-19(26-22)21(13)14;1-9(18-10(19)4-5-14-2)13(22)16-6-11(20)17-8-23-7-12(21)15-3;12-5-6(3-10-4-9(15)16)11-7(13)1-2-8(11)14;2-1-3;/h7-8,12H,3-6,9-10H2,1-2H3;9,14H,1,4-8H2,2-3H3,(H,15,21)(H,16,22)(H,17,20)(H,18,19);1-2,5-6,10H,3-4H2,(H,15,16);1H,(H2,2,3);. The Morgan fingerprint density at radius 3 is 2.29 bits per heavy atom. The number of pyridine rings is 2. The van der Waals surface area contributed by atoms with E-state index in [1.807, 2.05) is 19.9 Å². The van der Waals surface area contributed by atoms with E-state index >= 15 is 0 Å². The van der Waals surface area contributed by atoms with Gasteiger partial charge < -0.3 is 30.3 Å². The minimum atomic E-state index is -1.08. The van der Waals surface area contributed by atoms with E-state index in [1.165, 1.54) is 18.7 Å². The molecule has 0 bridgehead atoms. The van der Waals surface area contributed by atoms with Gasteiger partial charge in [-0.2, -0.15) is 0 Å². The molecule has 2 aromatic heterocycles. The van der Waals surface area contributed by atoms with E-state index in [9.17, 15) is 52.3 Å². The van der Waals surface area contributed by atoms with Crippen LogP contribution in [-0.2, 0) is 83.4 Å². The molecule has 0 saturated carbocycles. The number of hydrogen-bond acceptors (Lipinski definition) is 16. The van der Waals surface area contributed by atoms with Crippen molar-refractivity contribution in [2.75, 3.05) is 53.6 Å². The first-order chi connectivity index (χ1) is 34.9. The average Bonchev–Trinajstić information content (AvgIpc) is 3.92. The summed E-state index contributed by atoms with van der Waals surface area (Å²) in [6, 6.07) is 1.86. The zero-order chi connectivity index (χ0) is 53.9. The quantitative estimate of drug-likeness (QED) is 0.0123. The maximum absolute atomic E-state index is 14.6. The fourth-order valence-corrected chi connectivity index (χ4v) is 9.34. The van der Waals surface area contributed by atoms with Crippen molar-refractivity contribution in [2.24, 2.45) is 5.73 Å². The van der Waals surface area contributed by atoms with Crippen LogP contribution >= 0.6 is 0 Å². The molecule has 73 heavy (non-hydrogen) atoms. The van der Waals surface area contributed by atoms with Gasteiger partial charge in [0, 0.05) is 42.8 Å². The summed E-state index contributed by atoms with van der Waals surface area (Å²) in [5.74, 6) is -4.53. The zero-order valence-corrected chi connectivity index (χ0v) is 44.5. The molecule has 3 aliphatic heterocycles. The van der Waals surface area contributed by atoms with E-state index in [0.29, 0.717) is 46.4 Å². The number of ether oxygens (including phenoxy) is 2. The molecule has 9 N–H and O–H groups in total. The first-order valence-electron chi connectivity index (χ1n) is 23.0. The molecule has 7 amide bonds. The van der Waals surface area contributed by atoms with E-state index in [-0.39, 0.29) is 81.6 Å². The van der Waals surface area contributed by atoms with Crippen LogP contribution in [0.25, 0.3) is 22.3 Å². The molecule has 0 saturated heterocycles. The number of carbonyl (C=O) groups excluding carboxylic acids is 9. The Labute approximate surface area is 433 Å². The minimum Gasteiger partial charge on any atom is -0.480 e. The number of carboxylic acid groups (broad SMARTS) is 1. The Morgan fingerprint density at radius 2 is 1.67 bits per heavy atom. The number of nitrogens with zero attached hydrogens (tertiary/aromatic N) is 3. The minimum absolute atomic E-state index is 0.0247. The number of nitrogens with one attached hydrogen (secondary N) is 6. The van der Waals surface area contributed by atoms with Gasteiger partial charge in [-0.25, -0.2) is 9.37 Å². The zero-order valence-electron chi connectivity index (χ0n) is 40.6. The van der Waals surface area contributed by atoms with Gasteiger partial charge in [0.05, 0.1) is 41.5 Å². The molecule has 7 rings (SSSR count). The van der Waals surface area contributed by atoms with Crippen LogP contribution in [0.5, 0.6) is 0 Å². The molecule has 391 valence electrons.